The quantitative estimate of drug-likeness (QED) is 0.503. The number of carbonyl (C=O) groups is 1. The van der Waals surface area contributed by atoms with Crippen LogP contribution in [-0.2, 0) is 13.1 Å². The van der Waals surface area contributed by atoms with Gasteiger partial charge in [-0.25, -0.2) is 0 Å². The molecule has 0 bridgehead atoms. The summed E-state index contributed by atoms with van der Waals surface area (Å²) in [5, 5.41) is 5.92. The van der Waals surface area contributed by atoms with E-state index in [0.717, 1.165) is 38.7 Å². The van der Waals surface area contributed by atoms with E-state index in [0.29, 0.717) is 12.3 Å². The number of nitrogens with two attached hydrogens (primary N) is 1. The Kier molecular flexibility index (Phi) is 5.99. The molecule has 2 heterocycles. The predicted octanol–water partition coefficient (Wildman–Crippen LogP) is 2.42. The minimum atomic E-state index is -0.562. The fourth-order valence-electron chi connectivity index (χ4n) is 3.89. The number of guanidine groups is 1. The molecule has 7 heteroatoms. The molecule has 4 rings (SSSR count). The molecule has 156 valence electrons. The molecule has 1 aliphatic heterocycles. The van der Waals surface area contributed by atoms with Gasteiger partial charge in [0.15, 0.2) is 11.7 Å². The van der Waals surface area contributed by atoms with Crippen molar-refractivity contribution in [3.05, 3.63) is 71.7 Å². The summed E-state index contributed by atoms with van der Waals surface area (Å²) < 4.78 is 5.43. The number of nitrogens with zero attached hydrogens (tertiary/aromatic N) is 3. The Morgan fingerprint density at radius 1 is 1.07 bits per heavy atom. The molecule has 0 saturated carbocycles. The van der Waals surface area contributed by atoms with E-state index in [1.54, 1.807) is 19.2 Å². The van der Waals surface area contributed by atoms with Crippen molar-refractivity contribution >= 4 is 22.6 Å². The minimum absolute atomic E-state index is 0.170. The Labute approximate surface area is 176 Å². The molecule has 0 unspecified atom stereocenters. The summed E-state index contributed by atoms with van der Waals surface area (Å²) in [6.45, 7) is 5.14. The van der Waals surface area contributed by atoms with Crippen molar-refractivity contribution in [1.29, 1.82) is 0 Å². The van der Waals surface area contributed by atoms with Gasteiger partial charge < -0.3 is 20.4 Å². The Hall–Kier alpha value is -3.32. The molecule has 3 aromatic rings. The van der Waals surface area contributed by atoms with Gasteiger partial charge in [-0.2, -0.15) is 0 Å². The van der Waals surface area contributed by atoms with E-state index in [4.69, 9.17) is 10.2 Å². The van der Waals surface area contributed by atoms with Gasteiger partial charge in [-0.05, 0) is 28.5 Å². The van der Waals surface area contributed by atoms with E-state index < -0.39 is 5.91 Å². The second kappa shape index (κ2) is 9.00. The minimum Gasteiger partial charge on any atom is -0.454 e. The molecule has 2 aromatic carbocycles. The van der Waals surface area contributed by atoms with Crippen LogP contribution in [0.2, 0.25) is 0 Å². The Morgan fingerprint density at radius 2 is 1.83 bits per heavy atom. The highest BCUT2D eigenvalue weighted by Gasteiger charge is 2.20. The highest BCUT2D eigenvalue weighted by atomic mass is 16.3. The molecule has 1 aromatic heterocycles. The maximum absolute atomic E-state index is 11.2. The molecular formula is C23H27N5O2. The number of hydrogen-bond donors (Lipinski definition) is 2. The summed E-state index contributed by atoms with van der Waals surface area (Å²) >= 11 is 0. The van der Waals surface area contributed by atoms with Gasteiger partial charge >= 0.3 is 0 Å². The van der Waals surface area contributed by atoms with Crippen LogP contribution in [0.5, 0.6) is 0 Å². The van der Waals surface area contributed by atoms with Gasteiger partial charge in [-0.3, -0.25) is 14.7 Å². The molecule has 1 aliphatic rings. The lowest BCUT2D eigenvalue weighted by molar-refractivity contribution is 0.0972. The van der Waals surface area contributed by atoms with E-state index >= 15 is 0 Å². The molecule has 0 atom stereocenters. The first-order valence-corrected chi connectivity index (χ1v) is 10.2. The second-order valence-electron chi connectivity index (χ2n) is 7.43. The van der Waals surface area contributed by atoms with E-state index in [1.165, 1.54) is 16.3 Å². The van der Waals surface area contributed by atoms with Crippen molar-refractivity contribution in [2.24, 2.45) is 10.7 Å². The largest absolute Gasteiger partial charge is 0.454 e. The molecular weight excluding hydrogens is 378 g/mol. The molecule has 0 aliphatic carbocycles. The van der Waals surface area contributed by atoms with E-state index in [2.05, 4.69) is 62.6 Å². The summed E-state index contributed by atoms with van der Waals surface area (Å²) in [4.78, 5) is 20.3. The Morgan fingerprint density at radius 3 is 2.57 bits per heavy atom. The Bertz CT molecular complexity index is 1050. The van der Waals surface area contributed by atoms with Crippen LogP contribution in [0.4, 0.5) is 0 Å². The van der Waals surface area contributed by atoms with Gasteiger partial charge in [-0.1, -0.05) is 42.5 Å². The lowest BCUT2D eigenvalue weighted by Gasteiger charge is -2.36. The van der Waals surface area contributed by atoms with Crippen LogP contribution < -0.4 is 11.1 Å². The van der Waals surface area contributed by atoms with E-state index in [1.807, 2.05) is 0 Å². The first-order valence-electron chi connectivity index (χ1n) is 10.2. The monoisotopic (exact) mass is 405 g/mol. The molecule has 3 N–H and O–H groups in total. The molecule has 30 heavy (non-hydrogen) atoms. The van der Waals surface area contributed by atoms with Crippen molar-refractivity contribution in [3.8, 4) is 0 Å². The number of rotatable bonds is 5. The zero-order chi connectivity index (χ0) is 20.9. The zero-order valence-corrected chi connectivity index (χ0v) is 17.2. The van der Waals surface area contributed by atoms with Crippen LogP contribution in [0, 0.1) is 0 Å². The number of aliphatic imine (C=N–C) groups is 1. The first kappa shape index (κ1) is 20.0. The lowest BCUT2D eigenvalue weighted by atomic mass is 10.0. The molecule has 0 radical (unpaired) electrons. The predicted molar refractivity (Wildman–Crippen MR) is 118 cm³/mol. The van der Waals surface area contributed by atoms with Gasteiger partial charge in [0.1, 0.15) is 5.76 Å². The number of amides is 1. The summed E-state index contributed by atoms with van der Waals surface area (Å²) in [7, 11) is 1.78. The standard InChI is InChI=1S/C23H27N5O2/c1-25-23(26-15-19-9-10-21(30-19)22(24)29)28-13-11-27(12-14-28)16-18-7-4-6-17-5-2-3-8-20(17)18/h2-10H,11-16H2,1H3,(H2,24,29)(H,25,26). The molecule has 7 nitrogen and oxygen atoms in total. The van der Waals surface area contributed by atoms with Crippen LogP contribution in [0.15, 0.2) is 64.0 Å². The van der Waals surface area contributed by atoms with Crippen molar-refractivity contribution < 1.29 is 9.21 Å². The van der Waals surface area contributed by atoms with E-state index in [-0.39, 0.29) is 5.76 Å². The number of nitrogens with one attached hydrogen (secondary N) is 1. The van der Waals surface area contributed by atoms with Crippen LogP contribution in [-0.4, -0.2) is 54.9 Å². The van der Waals surface area contributed by atoms with Crippen LogP contribution in [0.25, 0.3) is 10.8 Å². The number of benzene rings is 2. The normalized spacial score (nSPS) is 15.5. The molecule has 0 spiro atoms. The van der Waals surface area contributed by atoms with Gasteiger partial charge in [-0.15, -0.1) is 0 Å². The van der Waals surface area contributed by atoms with Gasteiger partial charge in [0.05, 0.1) is 6.54 Å². The topological polar surface area (TPSA) is 87.1 Å². The third kappa shape index (κ3) is 4.46. The van der Waals surface area contributed by atoms with Gasteiger partial charge in [0.25, 0.3) is 5.91 Å². The number of piperazine rings is 1. The fourth-order valence-corrected chi connectivity index (χ4v) is 3.89. The number of carbonyl (C=O) groups excluding carboxylic acids is 1. The smallest absolute Gasteiger partial charge is 0.284 e. The van der Waals surface area contributed by atoms with Crippen molar-refractivity contribution in [1.82, 2.24) is 15.1 Å². The van der Waals surface area contributed by atoms with Crippen molar-refractivity contribution in [3.63, 3.8) is 0 Å². The third-order valence-corrected chi connectivity index (χ3v) is 5.48. The second-order valence-corrected chi connectivity index (χ2v) is 7.43. The van der Waals surface area contributed by atoms with Crippen LogP contribution in [0.1, 0.15) is 21.9 Å². The fraction of sp³-hybridized carbons (Fsp3) is 0.304. The number of hydrogen-bond acceptors (Lipinski definition) is 4. The summed E-state index contributed by atoms with van der Waals surface area (Å²) in [5.74, 6) is 1.09. The number of primary amides is 1. The van der Waals surface area contributed by atoms with Crippen LogP contribution >= 0.6 is 0 Å². The highest BCUT2D eigenvalue weighted by Crippen LogP contribution is 2.20. The zero-order valence-electron chi connectivity index (χ0n) is 17.2. The Balaban J connectivity index is 1.32. The first-order chi connectivity index (χ1) is 14.6. The highest BCUT2D eigenvalue weighted by molar-refractivity contribution is 5.90. The summed E-state index contributed by atoms with van der Waals surface area (Å²) in [6, 6.07) is 18.4. The maximum Gasteiger partial charge on any atom is 0.284 e. The van der Waals surface area contributed by atoms with Crippen molar-refractivity contribution in [2.45, 2.75) is 13.1 Å². The average molecular weight is 406 g/mol. The van der Waals surface area contributed by atoms with Crippen molar-refractivity contribution in [2.75, 3.05) is 33.2 Å². The lowest BCUT2D eigenvalue weighted by Crippen LogP contribution is -2.52. The number of fused-ring (bicyclic) bond motifs is 1. The SMILES string of the molecule is CN=C(NCc1ccc(C(N)=O)o1)N1CCN(Cc2cccc3ccccc23)CC1. The third-order valence-electron chi connectivity index (χ3n) is 5.48. The maximum atomic E-state index is 11.2. The van der Waals surface area contributed by atoms with E-state index in [9.17, 15) is 4.79 Å². The van der Waals surface area contributed by atoms with Gasteiger partial charge in [0, 0.05) is 39.8 Å². The molecule has 1 fully saturated rings. The average Bonchev–Trinajstić information content (AvgIpc) is 3.25. The summed E-state index contributed by atoms with van der Waals surface area (Å²) in [5.41, 5.74) is 6.60. The summed E-state index contributed by atoms with van der Waals surface area (Å²) in [6.07, 6.45) is 0. The molecule has 1 saturated heterocycles. The molecule has 1 amide bonds. The van der Waals surface area contributed by atoms with Gasteiger partial charge in [0.2, 0.25) is 0 Å². The number of furan rings is 1. The van der Waals surface area contributed by atoms with Crippen LogP contribution in [0.3, 0.4) is 0 Å².